The van der Waals surface area contributed by atoms with Gasteiger partial charge in [-0.25, -0.2) is 4.39 Å². The Balaban J connectivity index is 1.97. The smallest absolute Gasteiger partial charge is 0.254 e. The van der Waals surface area contributed by atoms with E-state index in [1.165, 1.54) is 19.2 Å². The molecule has 0 radical (unpaired) electrons. The molecule has 0 aromatic heterocycles. The van der Waals surface area contributed by atoms with E-state index in [2.05, 4.69) is 10.6 Å². The summed E-state index contributed by atoms with van der Waals surface area (Å²) >= 11 is 0. The summed E-state index contributed by atoms with van der Waals surface area (Å²) in [5, 5.41) is 4.97. The fourth-order valence-corrected chi connectivity index (χ4v) is 1.80. The Morgan fingerprint density at radius 2 is 2.14 bits per heavy atom. The van der Waals surface area contributed by atoms with Gasteiger partial charge in [-0.3, -0.25) is 9.59 Å². The molecule has 5 nitrogen and oxygen atoms in total. The average molecular weight is 294 g/mol. The number of rotatable bonds is 6. The van der Waals surface area contributed by atoms with Crippen LogP contribution in [0.4, 0.5) is 10.1 Å². The van der Waals surface area contributed by atoms with Gasteiger partial charge in [0, 0.05) is 12.7 Å². The van der Waals surface area contributed by atoms with Gasteiger partial charge >= 0.3 is 0 Å². The maximum atomic E-state index is 13.5. The normalized spacial score (nSPS) is 15.4. The van der Waals surface area contributed by atoms with Crippen LogP contribution in [0.5, 0.6) is 0 Å². The Hall–Kier alpha value is -1.95. The molecule has 0 spiro atoms. The van der Waals surface area contributed by atoms with Crippen LogP contribution < -0.4 is 10.6 Å². The second-order valence-electron chi connectivity index (χ2n) is 5.18. The van der Waals surface area contributed by atoms with Gasteiger partial charge in [-0.05, 0) is 43.9 Å². The first-order valence-corrected chi connectivity index (χ1v) is 6.95. The first-order valence-electron chi connectivity index (χ1n) is 6.95. The van der Waals surface area contributed by atoms with Gasteiger partial charge in [0.05, 0.1) is 12.2 Å². The quantitative estimate of drug-likeness (QED) is 0.842. The number of nitrogens with one attached hydrogen (secondary N) is 2. The molecule has 1 aliphatic carbocycles. The number of anilines is 1. The van der Waals surface area contributed by atoms with Crippen molar-refractivity contribution < 1.29 is 18.7 Å². The molecule has 21 heavy (non-hydrogen) atoms. The van der Waals surface area contributed by atoms with Gasteiger partial charge in [0.1, 0.15) is 11.9 Å². The van der Waals surface area contributed by atoms with Crippen LogP contribution in [0.15, 0.2) is 18.2 Å². The second-order valence-corrected chi connectivity index (χ2v) is 5.18. The molecule has 1 saturated carbocycles. The maximum Gasteiger partial charge on any atom is 0.254 e. The number of hydrogen-bond acceptors (Lipinski definition) is 3. The Labute approximate surface area is 122 Å². The molecule has 1 aromatic carbocycles. The van der Waals surface area contributed by atoms with Crippen molar-refractivity contribution in [3.8, 4) is 0 Å². The predicted octanol–water partition coefficient (Wildman–Crippen LogP) is 1.94. The Morgan fingerprint density at radius 3 is 2.76 bits per heavy atom. The monoisotopic (exact) mass is 294 g/mol. The minimum absolute atomic E-state index is 0.109. The third-order valence-electron chi connectivity index (χ3n) is 3.35. The molecular weight excluding hydrogens is 275 g/mol. The van der Waals surface area contributed by atoms with E-state index in [0.717, 1.165) is 18.9 Å². The molecule has 2 rings (SSSR count). The molecular formula is C15H19FN2O3. The molecule has 6 heteroatoms. The molecule has 0 aliphatic heterocycles. The number of amides is 2. The average Bonchev–Trinajstić information content (AvgIpc) is 3.30. The van der Waals surface area contributed by atoms with Gasteiger partial charge in [-0.1, -0.05) is 0 Å². The highest BCUT2D eigenvalue weighted by Gasteiger charge is 2.24. The van der Waals surface area contributed by atoms with Crippen LogP contribution >= 0.6 is 0 Å². The number of carbonyl (C=O) groups excluding carboxylic acids is 2. The molecule has 0 heterocycles. The number of halogens is 1. The summed E-state index contributed by atoms with van der Waals surface area (Å²) in [4.78, 5) is 23.5. The SMILES string of the molecule is CNC(=O)c1cc(NC(=O)[C@H](C)OCC2CC2)ccc1F. The van der Waals surface area contributed by atoms with Crippen LogP contribution in [0, 0.1) is 11.7 Å². The molecule has 0 saturated heterocycles. The van der Waals surface area contributed by atoms with Crippen molar-refractivity contribution in [1.29, 1.82) is 0 Å². The van der Waals surface area contributed by atoms with E-state index in [0.29, 0.717) is 18.2 Å². The third-order valence-corrected chi connectivity index (χ3v) is 3.35. The van der Waals surface area contributed by atoms with E-state index in [1.54, 1.807) is 6.92 Å². The van der Waals surface area contributed by atoms with E-state index in [9.17, 15) is 14.0 Å². The van der Waals surface area contributed by atoms with Crippen LogP contribution in [0.2, 0.25) is 0 Å². The zero-order chi connectivity index (χ0) is 15.4. The van der Waals surface area contributed by atoms with Crippen molar-refractivity contribution in [3.05, 3.63) is 29.6 Å². The fraction of sp³-hybridized carbons (Fsp3) is 0.467. The first-order chi connectivity index (χ1) is 10.0. The van der Waals surface area contributed by atoms with Crippen molar-refractivity contribution in [1.82, 2.24) is 5.32 Å². The van der Waals surface area contributed by atoms with Gasteiger partial charge in [0.2, 0.25) is 0 Å². The van der Waals surface area contributed by atoms with Crippen LogP contribution in [-0.2, 0) is 9.53 Å². The zero-order valence-electron chi connectivity index (χ0n) is 12.1. The lowest BCUT2D eigenvalue weighted by Gasteiger charge is -2.13. The summed E-state index contributed by atoms with van der Waals surface area (Å²) in [5.41, 5.74) is 0.253. The summed E-state index contributed by atoms with van der Waals surface area (Å²) < 4.78 is 19.0. The molecule has 114 valence electrons. The molecule has 0 bridgehead atoms. The van der Waals surface area contributed by atoms with E-state index in [4.69, 9.17) is 4.74 Å². The van der Waals surface area contributed by atoms with Gasteiger partial charge in [-0.15, -0.1) is 0 Å². The Bertz CT molecular complexity index is 544. The molecule has 1 atom stereocenters. The summed E-state index contributed by atoms with van der Waals surface area (Å²) in [6.07, 6.45) is 1.72. The maximum absolute atomic E-state index is 13.5. The number of ether oxygens (including phenoxy) is 1. The lowest BCUT2D eigenvalue weighted by Crippen LogP contribution is -2.28. The number of benzene rings is 1. The van der Waals surface area contributed by atoms with E-state index >= 15 is 0 Å². The Kier molecular flexibility index (Phi) is 4.90. The first kappa shape index (κ1) is 15.4. The largest absolute Gasteiger partial charge is 0.368 e. The highest BCUT2D eigenvalue weighted by Crippen LogP contribution is 2.29. The molecule has 2 N–H and O–H groups in total. The van der Waals surface area contributed by atoms with Gasteiger partial charge in [0.15, 0.2) is 0 Å². The van der Waals surface area contributed by atoms with Crippen LogP contribution in [0.3, 0.4) is 0 Å². The third kappa shape index (κ3) is 4.26. The zero-order valence-corrected chi connectivity index (χ0v) is 12.1. The molecule has 2 amide bonds. The topological polar surface area (TPSA) is 67.4 Å². The minimum Gasteiger partial charge on any atom is -0.368 e. The summed E-state index contributed by atoms with van der Waals surface area (Å²) in [7, 11) is 1.42. The fourth-order valence-electron chi connectivity index (χ4n) is 1.80. The van der Waals surface area contributed by atoms with Gasteiger partial charge in [-0.2, -0.15) is 0 Å². The van der Waals surface area contributed by atoms with Crippen molar-refractivity contribution in [2.75, 3.05) is 19.0 Å². The lowest BCUT2D eigenvalue weighted by molar-refractivity contribution is -0.126. The summed E-state index contributed by atoms with van der Waals surface area (Å²) in [6.45, 7) is 2.25. The molecule has 0 unspecified atom stereocenters. The van der Waals surface area contributed by atoms with Crippen LogP contribution in [0.25, 0.3) is 0 Å². The van der Waals surface area contributed by atoms with Crippen LogP contribution in [0.1, 0.15) is 30.1 Å². The van der Waals surface area contributed by atoms with Crippen molar-refractivity contribution in [3.63, 3.8) is 0 Å². The lowest BCUT2D eigenvalue weighted by atomic mass is 10.1. The standard InChI is InChI=1S/C15H19FN2O3/c1-9(21-8-10-3-4-10)14(19)18-11-5-6-13(16)12(7-11)15(20)17-2/h5-7,9-10H,3-4,8H2,1-2H3,(H,17,20)(H,18,19)/t9-/m0/s1. The number of hydrogen-bond donors (Lipinski definition) is 2. The van der Waals surface area contributed by atoms with Gasteiger partial charge < -0.3 is 15.4 Å². The van der Waals surface area contributed by atoms with Crippen LogP contribution in [-0.4, -0.2) is 31.6 Å². The highest BCUT2D eigenvalue weighted by atomic mass is 19.1. The molecule has 1 aliphatic rings. The highest BCUT2D eigenvalue weighted by molar-refractivity contribution is 5.98. The van der Waals surface area contributed by atoms with Crippen molar-refractivity contribution >= 4 is 17.5 Å². The van der Waals surface area contributed by atoms with E-state index in [1.807, 2.05) is 0 Å². The minimum atomic E-state index is -0.634. The Morgan fingerprint density at radius 1 is 1.43 bits per heavy atom. The van der Waals surface area contributed by atoms with Crippen molar-refractivity contribution in [2.24, 2.45) is 5.92 Å². The molecule has 1 aromatic rings. The number of carbonyl (C=O) groups is 2. The van der Waals surface area contributed by atoms with Gasteiger partial charge in [0.25, 0.3) is 11.8 Å². The summed E-state index contributed by atoms with van der Waals surface area (Å²) in [5.74, 6) is -0.914. The molecule has 1 fully saturated rings. The van der Waals surface area contributed by atoms with E-state index < -0.39 is 17.8 Å². The predicted molar refractivity (Wildman–Crippen MR) is 76.6 cm³/mol. The second kappa shape index (κ2) is 6.67. The van der Waals surface area contributed by atoms with E-state index in [-0.39, 0.29) is 11.5 Å². The summed E-state index contributed by atoms with van der Waals surface area (Å²) in [6, 6.07) is 3.86. The van der Waals surface area contributed by atoms with Crippen molar-refractivity contribution in [2.45, 2.75) is 25.9 Å².